The van der Waals surface area contributed by atoms with Crippen LogP contribution in [0.1, 0.15) is 36.1 Å². The van der Waals surface area contributed by atoms with E-state index in [0.29, 0.717) is 19.4 Å². The number of carbonyl (C=O) groups excluding carboxylic acids is 5. The Morgan fingerprint density at radius 1 is 1.12 bits per heavy atom. The summed E-state index contributed by atoms with van der Waals surface area (Å²) in [4.78, 5) is 69.2. The van der Waals surface area contributed by atoms with Gasteiger partial charge in [-0.25, -0.2) is 9.80 Å². The molecule has 2 fully saturated rings. The number of Topliss-reactive ketones (excluding diaryl/α,β-unsaturated/α-hetero) is 1. The van der Waals surface area contributed by atoms with Crippen LogP contribution < -0.4 is 16.0 Å². The molecular formula is C27H31N7O5S. The van der Waals surface area contributed by atoms with Gasteiger partial charge in [0.2, 0.25) is 11.8 Å². The first-order valence-corrected chi connectivity index (χ1v) is 14.0. The zero-order valence-electron chi connectivity index (χ0n) is 21.8. The lowest BCUT2D eigenvalue weighted by molar-refractivity contribution is -0.176. The topological polar surface area (TPSA) is 164 Å². The molecule has 1 unspecified atom stereocenters. The summed E-state index contributed by atoms with van der Waals surface area (Å²) in [7, 11) is 0. The Labute approximate surface area is 235 Å². The second-order valence-corrected chi connectivity index (χ2v) is 10.6. The molecular weight excluding hydrogens is 534 g/mol. The normalized spacial score (nSPS) is 19.5. The fraction of sp³-hybridized carbons (Fsp3) is 0.407. The summed E-state index contributed by atoms with van der Waals surface area (Å²) in [5.74, 6) is -2.13. The molecule has 2 aromatic rings. The van der Waals surface area contributed by atoms with Gasteiger partial charge in [-0.15, -0.1) is 11.3 Å². The van der Waals surface area contributed by atoms with Crippen molar-refractivity contribution in [3.8, 4) is 0 Å². The molecule has 3 atom stereocenters. The molecule has 3 N–H and O–H groups in total. The fourth-order valence-electron chi connectivity index (χ4n) is 4.86. The third-order valence-electron chi connectivity index (χ3n) is 6.83. The smallest absolute Gasteiger partial charge is 0.325 e. The molecule has 0 bridgehead atoms. The summed E-state index contributed by atoms with van der Waals surface area (Å²) in [6, 6.07) is 9.24. The monoisotopic (exact) mass is 565 g/mol. The van der Waals surface area contributed by atoms with Crippen molar-refractivity contribution < 1.29 is 28.8 Å². The number of amides is 5. The Hall–Kier alpha value is -4.35. The van der Waals surface area contributed by atoms with E-state index in [1.807, 2.05) is 23.6 Å². The van der Waals surface area contributed by atoms with E-state index >= 15 is 0 Å². The van der Waals surface area contributed by atoms with Crippen molar-refractivity contribution in [1.29, 1.82) is 0 Å². The van der Waals surface area contributed by atoms with Gasteiger partial charge in [0.1, 0.15) is 18.1 Å². The van der Waals surface area contributed by atoms with Gasteiger partial charge >= 0.3 is 12.2 Å². The van der Waals surface area contributed by atoms with E-state index < -0.39 is 41.8 Å². The number of thiophene rings is 1. The number of fused-ring (bicyclic) bond motifs is 1. The Balaban J connectivity index is 1.46. The molecule has 5 amide bonds. The van der Waals surface area contributed by atoms with Gasteiger partial charge in [-0.2, -0.15) is 4.79 Å². The van der Waals surface area contributed by atoms with Gasteiger partial charge in [0.05, 0.1) is 0 Å². The SMILES string of the molecule is [N-]=[N+]=CC(=O)[C@H](Cc1ccccc1)NC(=O)[C@@H]1CCCN2C(=O)CCC(NC(=O)NCCc3cccs3)C(=O)N12. The minimum Gasteiger partial charge on any atom is -0.361 e. The molecule has 12 nitrogen and oxygen atoms in total. The van der Waals surface area contributed by atoms with Gasteiger partial charge < -0.3 is 21.5 Å². The second kappa shape index (κ2) is 13.6. The molecule has 0 spiro atoms. The molecule has 3 heterocycles. The first-order chi connectivity index (χ1) is 19.4. The summed E-state index contributed by atoms with van der Waals surface area (Å²) in [6.45, 7) is 0.638. The number of carbonyl (C=O) groups is 5. The van der Waals surface area contributed by atoms with Crippen LogP contribution in [0.4, 0.5) is 4.79 Å². The quantitative estimate of drug-likeness (QED) is 0.223. The van der Waals surface area contributed by atoms with Crippen LogP contribution in [0.15, 0.2) is 47.8 Å². The van der Waals surface area contributed by atoms with Gasteiger partial charge in [0, 0.05) is 30.8 Å². The largest absolute Gasteiger partial charge is 0.361 e. The molecule has 4 rings (SSSR count). The summed E-state index contributed by atoms with van der Waals surface area (Å²) < 4.78 is 0. The number of benzene rings is 1. The molecule has 0 saturated carbocycles. The van der Waals surface area contributed by atoms with Gasteiger partial charge in [0.15, 0.2) is 0 Å². The standard InChI is InChI=1S/C27H31N7O5S/c28-30-17-23(35)21(16-18-6-2-1-3-7-18)31-25(37)22-9-4-14-33-24(36)11-10-20(26(38)34(22)33)32-27(39)29-13-12-19-8-5-15-40-19/h1-3,5-8,15,17,20-22H,4,9-14,16H2,(H,31,37)(H2,29,32,39)/t20?,21-,22-/m0/s1. The van der Waals surface area contributed by atoms with E-state index in [-0.39, 0.29) is 38.1 Å². The van der Waals surface area contributed by atoms with Crippen LogP contribution in [-0.4, -0.2) is 81.8 Å². The highest BCUT2D eigenvalue weighted by Gasteiger charge is 2.45. The molecule has 2 aliphatic rings. The zero-order chi connectivity index (χ0) is 28.5. The van der Waals surface area contributed by atoms with Crippen LogP contribution in [0, 0.1) is 0 Å². The molecule has 1 aromatic carbocycles. The van der Waals surface area contributed by atoms with Crippen molar-refractivity contribution in [3.05, 3.63) is 63.8 Å². The van der Waals surface area contributed by atoms with E-state index in [1.54, 1.807) is 35.6 Å². The highest BCUT2D eigenvalue weighted by Crippen LogP contribution is 2.25. The highest BCUT2D eigenvalue weighted by atomic mass is 32.1. The maximum atomic E-state index is 13.6. The van der Waals surface area contributed by atoms with Gasteiger partial charge in [0.25, 0.3) is 11.7 Å². The molecule has 40 heavy (non-hydrogen) atoms. The number of hydrazine groups is 1. The Bertz CT molecular complexity index is 1280. The number of urea groups is 1. The maximum Gasteiger partial charge on any atom is 0.325 e. The number of hydrogen-bond acceptors (Lipinski definition) is 6. The molecule has 0 aliphatic carbocycles. The zero-order valence-corrected chi connectivity index (χ0v) is 22.6. The van der Waals surface area contributed by atoms with Crippen molar-refractivity contribution in [3.63, 3.8) is 0 Å². The third kappa shape index (κ3) is 7.19. The number of nitrogens with one attached hydrogen (secondary N) is 3. The average molecular weight is 566 g/mol. The first kappa shape index (κ1) is 28.7. The second-order valence-electron chi connectivity index (χ2n) is 9.58. The van der Waals surface area contributed by atoms with Gasteiger partial charge in [-0.05, 0) is 42.7 Å². The average Bonchev–Trinajstić information content (AvgIpc) is 3.44. The Morgan fingerprint density at radius 2 is 1.93 bits per heavy atom. The van der Waals surface area contributed by atoms with Gasteiger partial charge in [-0.3, -0.25) is 24.2 Å². The number of nitrogens with zero attached hydrogens (tertiary/aromatic N) is 4. The van der Waals surface area contributed by atoms with E-state index in [1.165, 1.54) is 5.01 Å². The lowest BCUT2D eigenvalue weighted by Gasteiger charge is -2.43. The highest BCUT2D eigenvalue weighted by molar-refractivity contribution is 7.09. The summed E-state index contributed by atoms with van der Waals surface area (Å²) in [5, 5.41) is 12.4. The van der Waals surface area contributed by atoms with Crippen LogP contribution >= 0.6 is 11.3 Å². The molecule has 13 heteroatoms. The third-order valence-corrected chi connectivity index (χ3v) is 7.77. The lowest BCUT2D eigenvalue weighted by Crippen LogP contribution is -2.65. The maximum absolute atomic E-state index is 13.6. The summed E-state index contributed by atoms with van der Waals surface area (Å²) >= 11 is 1.58. The lowest BCUT2D eigenvalue weighted by atomic mass is 10.0. The van der Waals surface area contributed by atoms with E-state index in [2.05, 4.69) is 20.7 Å². The van der Waals surface area contributed by atoms with Gasteiger partial charge in [-0.1, -0.05) is 36.4 Å². The van der Waals surface area contributed by atoms with Crippen LogP contribution in [0.3, 0.4) is 0 Å². The van der Waals surface area contributed by atoms with Crippen molar-refractivity contribution in [1.82, 2.24) is 26.0 Å². The van der Waals surface area contributed by atoms with E-state index in [4.69, 9.17) is 5.53 Å². The Kier molecular flexibility index (Phi) is 9.76. The molecule has 0 radical (unpaired) electrons. The molecule has 210 valence electrons. The molecule has 1 aromatic heterocycles. The van der Waals surface area contributed by atoms with Crippen LogP contribution in [0.5, 0.6) is 0 Å². The van der Waals surface area contributed by atoms with Crippen molar-refractivity contribution in [2.75, 3.05) is 13.1 Å². The van der Waals surface area contributed by atoms with Crippen molar-refractivity contribution >= 4 is 47.1 Å². The number of rotatable bonds is 10. The molecule has 2 aliphatic heterocycles. The fourth-order valence-corrected chi connectivity index (χ4v) is 5.57. The van der Waals surface area contributed by atoms with Crippen LogP contribution in [0.2, 0.25) is 0 Å². The van der Waals surface area contributed by atoms with E-state index in [0.717, 1.165) is 21.7 Å². The first-order valence-electron chi connectivity index (χ1n) is 13.1. The Morgan fingerprint density at radius 3 is 2.65 bits per heavy atom. The number of ketones is 1. The van der Waals surface area contributed by atoms with Crippen molar-refractivity contribution in [2.45, 2.75) is 56.7 Å². The van der Waals surface area contributed by atoms with Crippen LogP contribution in [0.25, 0.3) is 5.53 Å². The summed E-state index contributed by atoms with van der Waals surface area (Å²) in [6.07, 6.45) is 2.37. The van der Waals surface area contributed by atoms with E-state index in [9.17, 15) is 24.0 Å². The predicted octanol–water partition coefficient (Wildman–Crippen LogP) is 1.08. The summed E-state index contributed by atoms with van der Waals surface area (Å²) in [5.41, 5.74) is 9.66. The predicted molar refractivity (Wildman–Crippen MR) is 146 cm³/mol. The molecule has 2 saturated heterocycles. The minimum absolute atomic E-state index is 0.0266. The van der Waals surface area contributed by atoms with Crippen molar-refractivity contribution in [2.24, 2.45) is 0 Å². The van der Waals surface area contributed by atoms with Crippen LogP contribution in [-0.2, 0) is 32.0 Å². The number of hydrogen-bond donors (Lipinski definition) is 3. The minimum atomic E-state index is -1.06.